The molecule has 1 atom stereocenters. The molecule has 1 aromatic rings. The van der Waals surface area contributed by atoms with Crippen LogP contribution < -0.4 is 0 Å². The highest BCUT2D eigenvalue weighted by molar-refractivity contribution is 5.77. The number of hydrogen-bond acceptors (Lipinski definition) is 5. The van der Waals surface area contributed by atoms with Gasteiger partial charge in [-0.05, 0) is 58.8 Å². The van der Waals surface area contributed by atoms with Gasteiger partial charge in [0.05, 0.1) is 11.7 Å². The van der Waals surface area contributed by atoms with E-state index in [-0.39, 0.29) is 18.0 Å². The number of carbonyl (C=O) groups is 2. The molecule has 0 bridgehead atoms. The third kappa shape index (κ3) is 5.08. The lowest BCUT2D eigenvalue weighted by molar-refractivity contribution is -0.131. The monoisotopic (exact) mass is 403 g/mol. The lowest BCUT2D eigenvalue weighted by Crippen LogP contribution is -2.42. The number of nitrogens with zero attached hydrogens (tertiary/aromatic N) is 5. The molecule has 3 fully saturated rings. The van der Waals surface area contributed by atoms with Crippen molar-refractivity contribution in [3.8, 4) is 0 Å². The van der Waals surface area contributed by atoms with Crippen molar-refractivity contribution >= 4 is 12.0 Å². The highest BCUT2D eigenvalue weighted by atomic mass is 16.6. The molecule has 0 aromatic carbocycles. The van der Waals surface area contributed by atoms with Crippen molar-refractivity contribution in [1.29, 1.82) is 0 Å². The topological polar surface area (TPSA) is 80.6 Å². The van der Waals surface area contributed by atoms with Crippen molar-refractivity contribution in [3.63, 3.8) is 0 Å². The summed E-state index contributed by atoms with van der Waals surface area (Å²) in [7, 11) is 0. The van der Waals surface area contributed by atoms with Crippen LogP contribution in [-0.2, 0) is 9.53 Å². The number of hydrogen-bond donors (Lipinski definition) is 0. The molecule has 2 aliphatic heterocycles. The molecular weight excluding hydrogens is 370 g/mol. The van der Waals surface area contributed by atoms with Gasteiger partial charge in [0.25, 0.3) is 0 Å². The van der Waals surface area contributed by atoms with Gasteiger partial charge in [-0.15, -0.1) is 5.10 Å². The molecule has 1 aromatic heterocycles. The number of carbonyl (C=O) groups excluding carboxylic acids is 2. The summed E-state index contributed by atoms with van der Waals surface area (Å²) in [5.74, 6) is 1.17. The van der Waals surface area contributed by atoms with E-state index >= 15 is 0 Å². The lowest BCUT2D eigenvalue weighted by Gasteiger charge is -2.33. The van der Waals surface area contributed by atoms with E-state index in [1.807, 2.05) is 30.4 Å². The molecule has 3 aliphatic rings. The van der Waals surface area contributed by atoms with Crippen LogP contribution in [0.1, 0.15) is 76.9 Å². The zero-order valence-electron chi connectivity index (χ0n) is 17.8. The van der Waals surface area contributed by atoms with Gasteiger partial charge in [0.2, 0.25) is 5.91 Å². The largest absolute Gasteiger partial charge is 0.444 e. The number of ether oxygens (including phenoxy) is 1. The molecule has 2 saturated heterocycles. The van der Waals surface area contributed by atoms with Gasteiger partial charge in [-0.25, -0.2) is 9.48 Å². The first kappa shape index (κ1) is 20.2. The Kier molecular flexibility index (Phi) is 5.53. The third-order valence-electron chi connectivity index (χ3n) is 6.14. The van der Waals surface area contributed by atoms with Crippen molar-refractivity contribution in [2.45, 2.75) is 76.9 Å². The second-order valence-corrected chi connectivity index (χ2v) is 9.79. The first-order valence-electron chi connectivity index (χ1n) is 11.0. The fourth-order valence-corrected chi connectivity index (χ4v) is 4.24. The molecule has 1 aliphatic carbocycles. The Morgan fingerprint density at radius 3 is 2.41 bits per heavy atom. The summed E-state index contributed by atoms with van der Waals surface area (Å²) in [5, 5.41) is 8.60. The highest BCUT2D eigenvalue weighted by Gasteiger charge is 2.33. The van der Waals surface area contributed by atoms with Crippen LogP contribution in [-0.4, -0.2) is 68.6 Å². The van der Waals surface area contributed by atoms with E-state index in [9.17, 15) is 9.59 Å². The van der Waals surface area contributed by atoms with Crippen LogP contribution >= 0.6 is 0 Å². The van der Waals surface area contributed by atoms with E-state index in [0.29, 0.717) is 31.3 Å². The molecular formula is C21H33N5O3. The van der Waals surface area contributed by atoms with Crippen LogP contribution in [0.5, 0.6) is 0 Å². The van der Waals surface area contributed by atoms with E-state index in [4.69, 9.17) is 4.74 Å². The Bertz CT molecular complexity index is 744. The van der Waals surface area contributed by atoms with Gasteiger partial charge in [0.1, 0.15) is 5.60 Å². The molecule has 1 unspecified atom stereocenters. The first-order chi connectivity index (χ1) is 13.8. The standard InChI is InChI=1S/C21H33N5O3/c1-21(2,3)29-20(28)24-9-6-15(7-10-24)12-19(27)25-11-8-17(13-25)26-14-18(22-23-26)16-4-5-16/h14-17H,4-13H2,1-3H3. The van der Waals surface area contributed by atoms with Crippen molar-refractivity contribution in [2.24, 2.45) is 5.92 Å². The van der Waals surface area contributed by atoms with Crippen LogP contribution in [0.15, 0.2) is 6.20 Å². The second kappa shape index (κ2) is 7.95. The molecule has 1 saturated carbocycles. The maximum absolute atomic E-state index is 12.8. The maximum atomic E-state index is 12.8. The van der Waals surface area contributed by atoms with Gasteiger partial charge >= 0.3 is 6.09 Å². The fraction of sp³-hybridized carbons (Fsp3) is 0.810. The van der Waals surface area contributed by atoms with Crippen molar-refractivity contribution in [2.75, 3.05) is 26.2 Å². The number of amides is 2. The van der Waals surface area contributed by atoms with Gasteiger partial charge in [-0.1, -0.05) is 5.21 Å². The average Bonchev–Trinajstić information content (AvgIpc) is 3.18. The Labute approximate surface area is 172 Å². The van der Waals surface area contributed by atoms with E-state index in [1.54, 1.807) is 4.90 Å². The van der Waals surface area contributed by atoms with Crippen LogP contribution in [0.3, 0.4) is 0 Å². The molecule has 4 rings (SSSR count). The van der Waals surface area contributed by atoms with Crippen LogP contribution in [0, 0.1) is 5.92 Å². The summed E-state index contributed by atoms with van der Waals surface area (Å²) in [6.07, 6.45) is 7.50. The average molecular weight is 404 g/mol. The predicted molar refractivity (Wildman–Crippen MR) is 107 cm³/mol. The Morgan fingerprint density at radius 2 is 1.76 bits per heavy atom. The number of rotatable bonds is 4. The maximum Gasteiger partial charge on any atom is 0.410 e. The molecule has 0 spiro atoms. The van der Waals surface area contributed by atoms with Gasteiger partial charge < -0.3 is 14.5 Å². The molecule has 2 amide bonds. The smallest absolute Gasteiger partial charge is 0.410 e. The van der Waals surface area contributed by atoms with E-state index in [0.717, 1.165) is 38.0 Å². The minimum Gasteiger partial charge on any atom is -0.444 e. The molecule has 0 N–H and O–H groups in total. The molecule has 3 heterocycles. The summed E-state index contributed by atoms with van der Waals surface area (Å²) in [5.41, 5.74) is 0.631. The highest BCUT2D eigenvalue weighted by Crippen LogP contribution is 2.39. The molecule has 8 nitrogen and oxygen atoms in total. The SMILES string of the molecule is CC(C)(C)OC(=O)N1CCC(CC(=O)N2CCC(n3cc(C4CC4)nn3)C2)CC1. The summed E-state index contributed by atoms with van der Waals surface area (Å²) in [6, 6.07) is 0.243. The normalized spacial score (nSPS) is 23.5. The fourth-order valence-electron chi connectivity index (χ4n) is 4.24. The third-order valence-corrected chi connectivity index (χ3v) is 6.14. The molecule has 0 radical (unpaired) electrons. The summed E-state index contributed by atoms with van der Waals surface area (Å²) in [4.78, 5) is 28.7. The van der Waals surface area contributed by atoms with E-state index in [1.165, 1.54) is 12.8 Å². The lowest BCUT2D eigenvalue weighted by atomic mass is 9.93. The molecule has 160 valence electrons. The number of likely N-dealkylation sites (tertiary alicyclic amines) is 2. The van der Waals surface area contributed by atoms with E-state index < -0.39 is 5.60 Å². The Balaban J connectivity index is 1.21. The van der Waals surface area contributed by atoms with Crippen molar-refractivity contribution in [3.05, 3.63) is 11.9 Å². The first-order valence-corrected chi connectivity index (χ1v) is 11.0. The number of aromatic nitrogens is 3. The van der Waals surface area contributed by atoms with Crippen LogP contribution in [0.25, 0.3) is 0 Å². The minimum atomic E-state index is -0.473. The summed E-state index contributed by atoms with van der Waals surface area (Å²) >= 11 is 0. The zero-order chi connectivity index (χ0) is 20.6. The number of piperidine rings is 1. The predicted octanol–water partition coefficient (Wildman–Crippen LogP) is 2.97. The second-order valence-electron chi connectivity index (χ2n) is 9.79. The van der Waals surface area contributed by atoms with E-state index in [2.05, 4.69) is 16.5 Å². The van der Waals surface area contributed by atoms with Crippen LogP contribution in [0.4, 0.5) is 4.79 Å². The Hall–Kier alpha value is -2.12. The van der Waals surface area contributed by atoms with Gasteiger partial charge in [-0.3, -0.25) is 4.79 Å². The molecule has 8 heteroatoms. The summed E-state index contributed by atoms with van der Waals surface area (Å²) in [6.45, 7) is 8.49. The Morgan fingerprint density at radius 1 is 1.07 bits per heavy atom. The van der Waals surface area contributed by atoms with Gasteiger partial charge in [-0.2, -0.15) is 0 Å². The van der Waals surface area contributed by atoms with Gasteiger partial charge in [0.15, 0.2) is 0 Å². The quantitative estimate of drug-likeness (QED) is 0.772. The van der Waals surface area contributed by atoms with Crippen molar-refractivity contribution < 1.29 is 14.3 Å². The summed E-state index contributed by atoms with van der Waals surface area (Å²) < 4.78 is 7.41. The van der Waals surface area contributed by atoms with Gasteiger partial charge in [0, 0.05) is 44.7 Å². The van der Waals surface area contributed by atoms with Crippen LogP contribution in [0.2, 0.25) is 0 Å². The zero-order valence-corrected chi connectivity index (χ0v) is 17.8. The minimum absolute atomic E-state index is 0.228. The molecule has 29 heavy (non-hydrogen) atoms. The van der Waals surface area contributed by atoms with Crippen molar-refractivity contribution in [1.82, 2.24) is 24.8 Å².